The summed E-state index contributed by atoms with van der Waals surface area (Å²) in [6.07, 6.45) is 3.70. The van der Waals surface area contributed by atoms with Crippen LogP contribution < -0.4 is 10.9 Å². The fraction of sp³-hybridized carbons (Fsp3) is 0.538. The second-order valence-corrected chi connectivity index (χ2v) is 5.03. The van der Waals surface area contributed by atoms with Crippen molar-refractivity contribution < 1.29 is 5.11 Å². The lowest BCUT2D eigenvalue weighted by molar-refractivity contribution is 0.267. The molecule has 1 unspecified atom stereocenters. The molecule has 1 heterocycles. The molecule has 0 saturated heterocycles. The third-order valence-corrected chi connectivity index (χ3v) is 3.24. The zero-order chi connectivity index (χ0) is 14.4. The molecule has 1 rings (SSSR count). The van der Waals surface area contributed by atoms with Gasteiger partial charge in [0.15, 0.2) is 0 Å². The molecule has 6 heteroatoms. The van der Waals surface area contributed by atoms with Crippen LogP contribution in [0.1, 0.15) is 20.3 Å². The van der Waals surface area contributed by atoms with Gasteiger partial charge in [0, 0.05) is 12.6 Å². The van der Waals surface area contributed by atoms with E-state index in [1.807, 2.05) is 13.8 Å². The van der Waals surface area contributed by atoms with Crippen LogP contribution in [-0.2, 0) is 6.54 Å². The molecular formula is C13H20ClN3O2. The molecule has 0 aliphatic heterocycles. The minimum atomic E-state index is -0.349. The second kappa shape index (κ2) is 7.31. The highest BCUT2D eigenvalue weighted by Crippen LogP contribution is 2.20. The molecule has 2 N–H and O–H groups in total. The van der Waals surface area contributed by atoms with Crippen LogP contribution in [0.15, 0.2) is 23.6 Å². The summed E-state index contributed by atoms with van der Waals surface area (Å²) >= 11 is 6.05. The van der Waals surface area contributed by atoms with Crippen LogP contribution in [0.5, 0.6) is 0 Å². The monoisotopic (exact) mass is 285 g/mol. The first kappa shape index (κ1) is 15.7. The molecule has 0 amide bonds. The number of aliphatic hydroxyl groups excluding tert-OH is 1. The summed E-state index contributed by atoms with van der Waals surface area (Å²) in [6, 6.07) is 0.0407. The predicted octanol–water partition coefficient (Wildman–Crippen LogP) is 1.90. The first-order valence-corrected chi connectivity index (χ1v) is 6.63. The highest BCUT2D eigenvalue weighted by atomic mass is 35.5. The molecular weight excluding hydrogens is 266 g/mol. The maximum absolute atomic E-state index is 11.9. The van der Waals surface area contributed by atoms with Crippen molar-refractivity contribution in [3.8, 4) is 0 Å². The Balaban J connectivity index is 2.98. The van der Waals surface area contributed by atoms with Crippen LogP contribution in [0.2, 0.25) is 5.02 Å². The lowest BCUT2D eigenvalue weighted by atomic mass is 10.0. The molecule has 1 aromatic heterocycles. The molecule has 0 spiro atoms. The minimum Gasteiger partial charge on any atom is -0.396 e. The number of hydrogen-bond donors (Lipinski definition) is 2. The van der Waals surface area contributed by atoms with Gasteiger partial charge in [-0.25, -0.2) is 4.68 Å². The summed E-state index contributed by atoms with van der Waals surface area (Å²) in [5.41, 5.74) is 0.150. The van der Waals surface area contributed by atoms with Gasteiger partial charge in [-0.1, -0.05) is 31.5 Å². The van der Waals surface area contributed by atoms with Crippen LogP contribution >= 0.6 is 11.6 Å². The van der Waals surface area contributed by atoms with Crippen molar-refractivity contribution in [3.05, 3.63) is 34.2 Å². The van der Waals surface area contributed by atoms with Gasteiger partial charge in [-0.15, -0.1) is 6.58 Å². The Morgan fingerprint density at radius 2 is 2.32 bits per heavy atom. The molecule has 0 aromatic carbocycles. The highest BCUT2D eigenvalue weighted by Gasteiger charge is 2.16. The number of rotatable bonds is 7. The van der Waals surface area contributed by atoms with E-state index in [1.54, 1.807) is 6.08 Å². The van der Waals surface area contributed by atoms with E-state index in [2.05, 4.69) is 17.0 Å². The predicted molar refractivity (Wildman–Crippen MR) is 77.7 cm³/mol. The molecule has 1 atom stereocenters. The van der Waals surface area contributed by atoms with Gasteiger partial charge in [0.1, 0.15) is 5.02 Å². The molecule has 1 aromatic rings. The molecule has 0 radical (unpaired) electrons. The number of allylic oxidation sites excluding steroid dienone is 1. The Bertz CT molecular complexity index is 485. The fourth-order valence-electron chi connectivity index (χ4n) is 1.73. The molecule has 5 nitrogen and oxygen atoms in total. The molecule has 0 aliphatic rings. The number of nitrogens with one attached hydrogen (secondary N) is 1. The van der Waals surface area contributed by atoms with Crippen LogP contribution in [0.25, 0.3) is 0 Å². The van der Waals surface area contributed by atoms with Gasteiger partial charge in [-0.05, 0) is 12.3 Å². The second-order valence-electron chi connectivity index (χ2n) is 4.66. The number of anilines is 1. The lowest BCUT2D eigenvalue weighted by Gasteiger charge is -2.23. The Kier molecular flexibility index (Phi) is 6.05. The van der Waals surface area contributed by atoms with Crippen molar-refractivity contribution in [3.63, 3.8) is 0 Å². The largest absolute Gasteiger partial charge is 0.396 e. The Labute approximate surface area is 117 Å². The van der Waals surface area contributed by atoms with Crippen molar-refractivity contribution in [2.24, 2.45) is 5.92 Å². The van der Waals surface area contributed by atoms with Gasteiger partial charge in [0.2, 0.25) is 0 Å². The van der Waals surface area contributed by atoms with E-state index in [0.29, 0.717) is 24.6 Å². The minimum absolute atomic E-state index is 0.0407. The normalized spacial score (nSPS) is 12.5. The topological polar surface area (TPSA) is 67.2 Å². The zero-order valence-electron chi connectivity index (χ0n) is 11.3. The Morgan fingerprint density at radius 1 is 1.63 bits per heavy atom. The van der Waals surface area contributed by atoms with E-state index < -0.39 is 0 Å². The zero-order valence-corrected chi connectivity index (χ0v) is 12.0. The average molecular weight is 286 g/mol. The average Bonchev–Trinajstić information content (AvgIpc) is 2.37. The van der Waals surface area contributed by atoms with E-state index in [1.165, 1.54) is 10.9 Å². The van der Waals surface area contributed by atoms with Crippen LogP contribution in [-0.4, -0.2) is 27.5 Å². The quantitative estimate of drug-likeness (QED) is 0.751. The van der Waals surface area contributed by atoms with Gasteiger partial charge in [0.25, 0.3) is 5.56 Å². The highest BCUT2D eigenvalue weighted by molar-refractivity contribution is 6.32. The van der Waals surface area contributed by atoms with Crippen LogP contribution in [0.3, 0.4) is 0 Å². The lowest BCUT2D eigenvalue weighted by Crippen LogP contribution is -2.30. The summed E-state index contributed by atoms with van der Waals surface area (Å²) in [7, 11) is 0. The van der Waals surface area contributed by atoms with Crippen LogP contribution in [0, 0.1) is 5.92 Å². The molecule has 0 fully saturated rings. The fourth-order valence-corrected chi connectivity index (χ4v) is 1.93. The first-order valence-electron chi connectivity index (χ1n) is 6.25. The van der Waals surface area contributed by atoms with Crippen molar-refractivity contribution in [1.29, 1.82) is 0 Å². The summed E-state index contributed by atoms with van der Waals surface area (Å²) < 4.78 is 1.25. The van der Waals surface area contributed by atoms with Crippen molar-refractivity contribution in [2.75, 3.05) is 11.9 Å². The number of halogens is 1. The van der Waals surface area contributed by atoms with E-state index in [4.69, 9.17) is 16.7 Å². The maximum atomic E-state index is 11.9. The molecule has 0 bridgehead atoms. The van der Waals surface area contributed by atoms with Crippen molar-refractivity contribution >= 4 is 17.3 Å². The van der Waals surface area contributed by atoms with Crippen LogP contribution in [0.4, 0.5) is 5.69 Å². The standard InChI is InChI=1S/C13H20ClN3O2/c1-4-6-17-13(19)12(14)11(8-15-17)16-10(5-7-18)9(2)3/h4,8-10,16,18H,1,5-7H2,2-3H3. The molecule has 0 aliphatic carbocycles. The molecule has 106 valence electrons. The summed E-state index contributed by atoms with van der Waals surface area (Å²) in [4.78, 5) is 11.9. The number of hydrogen-bond acceptors (Lipinski definition) is 4. The number of aliphatic hydroxyl groups is 1. The summed E-state index contributed by atoms with van der Waals surface area (Å²) in [5, 5.41) is 16.3. The van der Waals surface area contributed by atoms with Gasteiger partial charge >= 0.3 is 0 Å². The summed E-state index contributed by atoms with van der Waals surface area (Å²) in [6.45, 7) is 8.03. The Morgan fingerprint density at radius 3 is 2.84 bits per heavy atom. The van der Waals surface area contributed by atoms with E-state index in [9.17, 15) is 4.79 Å². The van der Waals surface area contributed by atoms with E-state index in [-0.39, 0.29) is 23.2 Å². The molecule has 19 heavy (non-hydrogen) atoms. The molecule has 0 saturated carbocycles. The maximum Gasteiger partial charge on any atom is 0.287 e. The van der Waals surface area contributed by atoms with Gasteiger partial charge in [-0.2, -0.15) is 5.10 Å². The summed E-state index contributed by atoms with van der Waals surface area (Å²) in [5.74, 6) is 0.304. The van der Waals surface area contributed by atoms with E-state index >= 15 is 0 Å². The van der Waals surface area contributed by atoms with E-state index in [0.717, 1.165) is 0 Å². The van der Waals surface area contributed by atoms with Gasteiger partial charge < -0.3 is 10.4 Å². The smallest absolute Gasteiger partial charge is 0.287 e. The third-order valence-electron chi connectivity index (χ3n) is 2.87. The number of nitrogens with zero attached hydrogens (tertiary/aromatic N) is 2. The third kappa shape index (κ3) is 4.08. The van der Waals surface area contributed by atoms with Crippen molar-refractivity contribution in [1.82, 2.24) is 9.78 Å². The Hall–Kier alpha value is -1.33. The first-order chi connectivity index (χ1) is 9.01. The SMILES string of the molecule is C=CCn1ncc(NC(CCO)C(C)C)c(Cl)c1=O. The van der Waals surface area contributed by atoms with Crippen molar-refractivity contribution in [2.45, 2.75) is 32.9 Å². The van der Waals surface area contributed by atoms with Gasteiger partial charge in [0.05, 0.1) is 18.4 Å². The van der Waals surface area contributed by atoms with Gasteiger partial charge in [-0.3, -0.25) is 4.79 Å². The number of aromatic nitrogens is 2.